The zero-order valence-corrected chi connectivity index (χ0v) is 9.06. The molecule has 16 heavy (non-hydrogen) atoms. The summed E-state index contributed by atoms with van der Waals surface area (Å²) >= 11 is 0. The molecule has 0 saturated heterocycles. The third-order valence-corrected chi connectivity index (χ3v) is 2.24. The van der Waals surface area contributed by atoms with Crippen molar-refractivity contribution in [1.29, 1.82) is 0 Å². The molecule has 0 aliphatic heterocycles. The molecule has 0 saturated carbocycles. The summed E-state index contributed by atoms with van der Waals surface area (Å²) in [4.78, 5) is 14.9. The molecule has 2 nitrogen and oxygen atoms in total. The van der Waals surface area contributed by atoms with Crippen LogP contribution in [0.3, 0.4) is 0 Å². The Balaban J connectivity index is 2.80. The largest absolute Gasteiger partial charge is 0.389 e. The third-order valence-electron chi connectivity index (χ3n) is 2.24. The fraction of sp³-hybridized carbons (Fsp3) is 0.455. The van der Waals surface area contributed by atoms with E-state index >= 15 is 0 Å². The third kappa shape index (κ3) is 3.64. The van der Waals surface area contributed by atoms with Crippen molar-refractivity contribution in [2.45, 2.75) is 32.9 Å². The van der Waals surface area contributed by atoms with Crippen LogP contribution in [-0.2, 0) is 6.42 Å². The molecule has 0 N–H and O–H groups in total. The van der Waals surface area contributed by atoms with E-state index in [4.69, 9.17) is 0 Å². The van der Waals surface area contributed by atoms with Crippen LogP contribution in [0, 0.1) is 6.92 Å². The van der Waals surface area contributed by atoms with Crippen molar-refractivity contribution < 1.29 is 18.0 Å². The first-order valence-electron chi connectivity index (χ1n) is 4.83. The molecule has 0 aromatic carbocycles. The smallest absolute Gasteiger partial charge is 0.294 e. The van der Waals surface area contributed by atoms with Crippen LogP contribution in [-0.4, -0.2) is 16.9 Å². The van der Waals surface area contributed by atoms with Crippen LogP contribution in [0.2, 0.25) is 0 Å². The molecule has 0 aliphatic carbocycles. The minimum Gasteiger partial charge on any atom is -0.294 e. The van der Waals surface area contributed by atoms with Gasteiger partial charge in [-0.05, 0) is 31.9 Å². The maximum Gasteiger partial charge on any atom is 0.389 e. The number of halogens is 3. The quantitative estimate of drug-likeness (QED) is 0.748. The molecule has 0 fully saturated rings. The second kappa shape index (κ2) is 4.63. The number of aromatic nitrogens is 1. The van der Waals surface area contributed by atoms with E-state index in [1.54, 1.807) is 13.0 Å². The highest BCUT2D eigenvalue weighted by Gasteiger charge is 2.27. The Morgan fingerprint density at radius 2 is 2.06 bits per heavy atom. The average Bonchev–Trinajstić information content (AvgIpc) is 2.14. The summed E-state index contributed by atoms with van der Waals surface area (Å²) in [5, 5.41) is 0. The molecule has 0 aliphatic rings. The van der Waals surface area contributed by atoms with Gasteiger partial charge in [-0.15, -0.1) is 0 Å². The van der Waals surface area contributed by atoms with Crippen molar-refractivity contribution in [3.8, 4) is 0 Å². The number of Topliss-reactive ketones (excluding diaryl/α,β-unsaturated/α-hetero) is 1. The minimum absolute atomic E-state index is 0.141. The summed E-state index contributed by atoms with van der Waals surface area (Å²) < 4.78 is 36.0. The molecule has 5 heteroatoms. The summed E-state index contributed by atoms with van der Waals surface area (Å²) in [5.41, 5.74) is 1.44. The van der Waals surface area contributed by atoms with Gasteiger partial charge < -0.3 is 0 Å². The van der Waals surface area contributed by atoms with Crippen LogP contribution >= 0.6 is 0 Å². The molecule has 0 unspecified atom stereocenters. The highest BCUT2D eigenvalue weighted by atomic mass is 19.4. The Morgan fingerprint density at radius 1 is 1.44 bits per heavy atom. The summed E-state index contributed by atoms with van der Waals surface area (Å²) in [6.07, 6.45) is -3.89. The van der Waals surface area contributed by atoms with Gasteiger partial charge >= 0.3 is 6.18 Å². The second-order valence-electron chi connectivity index (χ2n) is 3.66. The highest BCUT2D eigenvalue weighted by molar-refractivity contribution is 5.93. The molecule has 0 spiro atoms. The van der Waals surface area contributed by atoms with Gasteiger partial charge in [0.2, 0.25) is 0 Å². The van der Waals surface area contributed by atoms with E-state index in [0.717, 1.165) is 0 Å². The van der Waals surface area contributed by atoms with Crippen LogP contribution in [0.25, 0.3) is 0 Å². The molecule has 0 radical (unpaired) electrons. The monoisotopic (exact) mass is 231 g/mol. The molecule has 1 rings (SSSR count). The lowest BCUT2D eigenvalue weighted by molar-refractivity contribution is -0.134. The van der Waals surface area contributed by atoms with Gasteiger partial charge in [0.05, 0.1) is 0 Å². The average molecular weight is 231 g/mol. The first-order chi connectivity index (χ1) is 7.29. The first kappa shape index (κ1) is 12.7. The van der Waals surface area contributed by atoms with E-state index in [2.05, 4.69) is 4.98 Å². The molecule has 0 atom stereocenters. The van der Waals surface area contributed by atoms with Crippen LogP contribution in [0.4, 0.5) is 13.2 Å². The number of nitrogens with zero attached hydrogens (tertiary/aromatic N) is 1. The van der Waals surface area contributed by atoms with E-state index in [-0.39, 0.29) is 12.2 Å². The number of aryl methyl sites for hydroxylation is 2. The van der Waals surface area contributed by atoms with Gasteiger partial charge in [0.15, 0.2) is 5.78 Å². The fourth-order valence-corrected chi connectivity index (χ4v) is 1.32. The van der Waals surface area contributed by atoms with Crippen molar-refractivity contribution >= 4 is 5.78 Å². The zero-order valence-electron chi connectivity index (χ0n) is 9.06. The number of carbonyl (C=O) groups is 1. The van der Waals surface area contributed by atoms with Gasteiger partial charge in [0.25, 0.3) is 0 Å². The second-order valence-corrected chi connectivity index (χ2v) is 3.66. The molecule has 0 amide bonds. The molecule has 88 valence electrons. The summed E-state index contributed by atoms with van der Waals surface area (Å²) in [7, 11) is 0. The normalized spacial score (nSPS) is 11.6. The number of hydrogen-bond acceptors (Lipinski definition) is 2. The van der Waals surface area contributed by atoms with Crippen LogP contribution in [0.5, 0.6) is 0 Å². The minimum atomic E-state index is -4.17. The van der Waals surface area contributed by atoms with E-state index < -0.39 is 12.6 Å². The Kier molecular flexibility index (Phi) is 3.67. The molecule has 0 bridgehead atoms. The van der Waals surface area contributed by atoms with Crippen LogP contribution in [0.1, 0.15) is 35.0 Å². The molecular formula is C11H12F3NO. The van der Waals surface area contributed by atoms with Gasteiger partial charge in [-0.2, -0.15) is 13.2 Å². The van der Waals surface area contributed by atoms with Crippen molar-refractivity contribution in [3.63, 3.8) is 0 Å². The van der Waals surface area contributed by atoms with E-state index in [0.29, 0.717) is 16.8 Å². The number of rotatable bonds is 3. The van der Waals surface area contributed by atoms with Crippen LogP contribution < -0.4 is 0 Å². The zero-order chi connectivity index (χ0) is 12.3. The number of alkyl halides is 3. The maximum absolute atomic E-state index is 12.0. The number of ketones is 1. The SMILES string of the molecule is CC(=O)c1cnc(CCC(F)(F)F)c(C)c1. The van der Waals surface area contributed by atoms with Crippen molar-refractivity contribution in [2.75, 3.05) is 0 Å². The van der Waals surface area contributed by atoms with Crippen molar-refractivity contribution in [3.05, 3.63) is 29.1 Å². The molecule has 1 heterocycles. The van der Waals surface area contributed by atoms with Gasteiger partial charge in [-0.1, -0.05) is 0 Å². The fourth-order valence-electron chi connectivity index (χ4n) is 1.32. The first-order valence-corrected chi connectivity index (χ1v) is 4.83. The predicted octanol–water partition coefficient (Wildman–Crippen LogP) is 3.09. The maximum atomic E-state index is 12.0. The Morgan fingerprint density at radius 3 is 2.50 bits per heavy atom. The van der Waals surface area contributed by atoms with Gasteiger partial charge in [0.1, 0.15) is 0 Å². The van der Waals surface area contributed by atoms with Crippen LogP contribution in [0.15, 0.2) is 12.3 Å². The lowest BCUT2D eigenvalue weighted by Crippen LogP contribution is -2.10. The lowest BCUT2D eigenvalue weighted by atomic mass is 10.1. The van der Waals surface area contributed by atoms with E-state index in [1.165, 1.54) is 13.1 Å². The Labute approximate surface area is 91.5 Å². The standard InChI is InChI=1S/C11H12F3NO/c1-7-5-9(8(2)16)6-15-10(7)3-4-11(12,13)14/h5-6H,3-4H2,1-2H3. The summed E-state index contributed by atoms with van der Waals surface area (Å²) in [5.74, 6) is -0.141. The predicted molar refractivity (Wildman–Crippen MR) is 53.4 cm³/mol. The summed E-state index contributed by atoms with van der Waals surface area (Å²) in [6, 6.07) is 1.57. The van der Waals surface area contributed by atoms with Gasteiger partial charge in [-0.25, -0.2) is 0 Å². The number of carbonyl (C=O) groups excluding carboxylic acids is 1. The lowest BCUT2D eigenvalue weighted by Gasteiger charge is -2.08. The van der Waals surface area contributed by atoms with Gasteiger partial charge in [-0.3, -0.25) is 9.78 Å². The number of hydrogen-bond donors (Lipinski definition) is 0. The van der Waals surface area contributed by atoms with Gasteiger partial charge in [0, 0.05) is 23.9 Å². The van der Waals surface area contributed by atoms with E-state index in [1.807, 2.05) is 0 Å². The topological polar surface area (TPSA) is 30.0 Å². The van der Waals surface area contributed by atoms with Crippen molar-refractivity contribution in [1.82, 2.24) is 4.98 Å². The molecular weight excluding hydrogens is 219 g/mol. The molecule has 1 aromatic rings. The van der Waals surface area contributed by atoms with E-state index in [9.17, 15) is 18.0 Å². The van der Waals surface area contributed by atoms with Crippen molar-refractivity contribution in [2.24, 2.45) is 0 Å². The number of pyridine rings is 1. The molecule has 1 aromatic heterocycles. The summed E-state index contributed by atoms with van der Waals surface area (Å²) in [6.45, 7) is 3.05. The Bertz CT molecular complexity index is 399. The highest BCUT2D eigenvalue weighted by Crippen LogP contribution is 2.22. The Hall–Kier alpha value is -1.39.